The molecule has 2 aromatic carbocycles. The summed E-state index contributed by atoms with van der Waals surface area (Å²) < 4.78 is 10.6. The van der Waals surface area contributed by atoms with E-state index in [1.165, 1.54) is 0 Å². The summed E-state index contributed by atoms with van der Waals surface area (Å²) in [5.41, 5.74) is 5.61. The normalized spacial score (nSPS) is 10.9. The number of hydrogen-bond donors (Lipinski definition) is 2. The highest BCUT2D eigenvalue weighted by Crippen LogP contribution is 2.22. The predicted octanol–water partition coefficient (Wildman–Crippen LogP) is 3.61. The van der Waals surface area contributed by atoms with Crippen molar-refractivity contribution in [2.75, 3.05) is 19.5 Å². The van der Waals surface area contributed by atoms with Crippen molar-refractivity contribution in [1.29, 1.82) is 0 Å². The van der Waals surface area contributed by atoms with Gasteiger partial charge in [-0.25, -0.2) is 0 Å². The van der Waals surface area contributed by atoms with Crippen molar-refractivity contribution < 1.29 is 9.47 Å². The molecule has 0 saturated heterocycles. The van der Waals surface area contributed by atoms with Crippen molar-refractivity contribution in [3.63, 3.8) is 0 Å². The van der Waals surface area contributed by atoms with Gasteiger partial charge in [0.25, 0.3) is 0 Å². The number of methoxy groups -OCH3 is 2. The minimum atomic E-state index is 0.402. The maximum Gasteiger partial charge on any atom is 0.191 e. The van der Waals surface area contributed by atoms with Crippen molar-refractivity contribution in [2.24, 2.45) is 5.10 Å². The Labute approximate surface area is 147 Å². The smallest absolute Gasteiger partial charge is 0.191 e. The summed E-state index contributed by atoms with van der Waals surface area (Å²) in [4.78, 5) is 0. The minimum Gasteiger partial charge on any atom is -0.496 e. The van der Waals surface area contributed by atoms with Crippen LogP contribution in [0.1, 0.15) is 12.5 Å². The molecule has 0 saturated carbocycles. The molecule has 0 aromatic heterocycles. The minimum absolute atomic E-state index is 0.402. The third-order valence-corrected chi connectivity index (χ3v) is 3.54. The number of nitrogens with one attached hydrogen (secondary N) is 2. The molecule has 0 spiro atoms. The number of hydrogen-bond acceptors (Lipinski definition) is 4. The van der Waals surface area contributed by atoms with Crippen LogP contribution in [0.15, 0.2) is 53.6 Å². The van der Waals surface area contributed by atoms with Crippen LogP contribution < -0.4 is 20.2 Å². The van der Waals surface area contributed by atoms with Gasteiger partial charge in [-0.2, -0.15) is 5.10 Å². The van der Waals surface area contributed by atoms with Crippen LogP contribution in [0, 0.1) is 0 Å². The quantitative estimate of drug-likeness (QED) is 0.477. The van der Waals surface area contributed by atoms with Gasteiger partial charge in [0.15, 0.2) is 5.11 Å². The average molecular weight is 343 g/mol. The molecule has 0 radical (unpaired) electrons. The lowest BCUT2D eigenvalue weighted by atomic mass is 10.1. The Bertz CT molecular complexity index is 732. The van der Waals surface area contributed by atoms with Gasteiger partial charge in [-0.3, -0.25) is 5.43 Å². The fraction of sp³-hybridized carbons (Fsp3) is 0.222. The molecule has 0 aliphatic heterocycles. The number of benzene rings is 2. The Balaban J connectivity index is 1.95. The Kier molecular flexibility index (Phi) is 6.57. The van der Waals surface area contributed by atoms with E-state index in [2.05, 4.69) is 15.8 Å². The Morgan fingerprint density at radius 3 is 2.33 bits per heavy atom. The van der Waals surface area contributed by atoms with Crippen LogP contribution in [0.4, 0.5) is 5.69 Å². The van der Waals surface area contributed by atoms with Gasteiger partial charge in [-0.05, 0) is 42.9 Å². The van der Waals surface area contributed by atoms with Crippen molar-refractivity contribution >= 4 is 28.7 Å². The molecule has 0 heterocycles. The van der Waals surface area contributed by atoms with Gasteiger partial charge in [0.1, 0.15) is 11.5 Å². The van der Waals surface area contributed by atoms with Gasteiger partial charge in [0.05, 0.1) is 19.9 Å². The van der Waals surface area contributed by atoms with Gasteiger partial charge in [0.2, 0.25) is 0 Å². The molecule has 2 rings (SSSR count). The first-order valence-electron chi connectivity index (χ1n) is 7.49. The topological polar surface area (TPSA) is 54.9 Å². The van der Waals surface area contributed by atoms with Crippen LogP contribution in [-0.4, -0.2) is 25.0 Å². The standard InChI is InChI=1S/C18H21N3O2S/c1-13(12-14-8-4-6-10-16(14)22-2)20-21-18(24)19-15-9-5-7-11-17(15)23-3/h4-11H,12H2,1-3H3,(H2,19,21,24)/b20-13-. The highest BCUT2D eigenvalue weighted by molar-refractivity contribution is 7.80. The largest absolute Gasteiger partial charge is 0.496 e. The second-order valence-corrected chi connectivity index (χ2v) is 5.51. The van der Waals surface area contributed by atoms with Crippen molar-refractivity contribution in [1.82, 2.24) is 5.43 Å². The first-order valence-corrected chi connectivity index (χ1v) is 7.90. The molecule has 0 atom stereocenters. The van der Waals surface area contributed by atoms with E-state index in [9.17, 15) is 0 Å². The lowest BCUT2D eigenvalue weighted by Crippen LogP contribution is -2.25. The molecule has 0 amide bonds. The van der Waals surface area contributed by atoms with Crippen LogP contribution in [-0.2, 0) is 6.42 Å². The molecule has 0 fully saturated rings. The zero-order valence-electron chi connectivity index (χ0n) is 14.0. The summed E-state index contributed by atoms with van der Waals surface area (Å²) in [7, 11) is 3.28. The van der Waals surface area contributed by atoms with Crippen LogP contribution in [0.25, 0.3) is 0 Å². The number of rotatable bonds is 6. The van der Waals surface area contributed by atoms with E-state index < -0.39 is 0 Å². The molecular formula is C18H21N3O2S. The number of ether oxygens (including phenoxy) is 2. The third kappa shape index (κ3) is 4.96. The van der Waals surface area contributed by atoms with Crippen LogP contribution in [0.3, 0.4) is 0 Å². The fourth-order valence-electron chi connectivity index (χ4n) is 2.21. The first-order chi connectivity index (χ1) is 11.6. The van der Waals surface area contributed by atoms with Gasteiger partial charge in [-0.1, -0.05) is 30.3 Å². The molecule has 6 heteroatoms. The second kappa shape index (κ2) is 8.88. The van der Waals surface area contributed by atoms with Crippen LogP contribution in [0.5, 0.6) is 11.5 Å². The summed E-state index contributed by atoms with van der Waals surface area (Å²) in [6.45, 7) is 1.94. The van der Waals surface area contributed by atoms with Crippen LogP contribution >= 0.6 is 12.2 Å². The molecular weight excluding hydrogens is 322 g/mol. The Hall–Kier alpha value is -2.60. The van der Waals surface area contributed by atoms with Gasteiger partial charge in [-0.15, -0.1) is 0 Å². The van der Waals surface area contributed by atoms with Gasteiger partial charge in [0, 0.05) is 12.1 Å². The second-order valence-electron chi connectivity index (χ2n) is 5.10. The van der Waals surface area contributed by atoms with Crippen molar-refractivity contribution in [3.05, 3.63) is 54.1 Å². The van der Waals surface area contributed by atoms with E-state index in [1.807, 2.05) is 55.5 Å². The molecule has 0 aliphatic rings. The van der Waals surface area contributed by atoms with E-state index in [1.54, 1.807) is 14.2 Å². The summed E-state index contributed by atoms with van der Waals surface area (Å²) in [5, 5.41) is 7.78. The van der Waals surface area contributed by atoms with E-state index in [4.69, 9.17) is 21.7 Å². The predicted molar refractivity (Wildman–Crippen MR) is 102 cm³/mol. The average Bonchev–Trinajstić information content (AvgIpc) is 2.61. The molecule has 0 unspecified atom stereocenters. The van der Waals surface area contributed by atoms with Crippen molar-refractivity contribution in [2.45, 2.75) is 13.3 Å². The number of hydrazone groups is 1. The highest BCUT2D eigenvalue weighted by Gasteiger charge is 2.05. The van der Waals surface area contributed by atoms with Crippen LogP contribution in [0.2, 0.25) is 0 Å². The number of nitrogens with zero attached hydrogens (tertiary/aromatic N) is 1. The summed E-state index contributed by atoms with van der Waals surface area (Å²) >= 11 is 5.27. The zero-order valence-corrected chi connectivity index (χ0v) is 14.8. The summed E-state index contributed by atoms with van der Waals surface area (Å²) in [6.07, 6.45) is 0.675. The molecule has 0 aliphatic carbocycles. The first kappa shape index (κ1) is 17.7. The molecule has 126 valence electrons. The lowest BCUT2D eigenvalue weighted by Gasteiger charge is -2.12. The van der Waals surface area contributed by atoms with E-state index >= 15 is 0 Å². The SMILES string of the molecule is COc1ccccc1C/C(C)=N\NC(=S)Nc1ccccc1OC. The summed E-state index contributed by atoms with van der Waals surface area (Å²) in [5.74, 6) is 1.57. The number of anilines is 1. The Morgan fingerprint density at radius 2 is 1.62 bits per heavy atom. The van der Waals surface area contributed by atoms with E-state index in [-0.39, 0.29) is 0 Å². The number of para-hydroxylation sites is 3. The molecule has 5 nitrogen and oxygen atoms in total. The zero-order chi connectivity index (χ0) is 17.4. The van der Waals surface area contributed by atoms with Gasteiger partial charge >= 0.3 is 0 Å². The Morgan fingerprint density at radius 1 is 1.00 bits per heavy atom. The number of thiocarbonyl (C=S) groups is 1. The molecule has 0 bridgehead atoms. The summed E-state index contributed by atoms with van der Waals surface area (Å²) in [6, 6.07) is 15.4. The maximum atomic E-state index is 5.35. The molecule has 2 N–H and O–H groups in total. The highest BCUT2D eigenvalue weighted by atomic mass is 32.1. The monoisotopic (exact) mass is 343 g/mol. The molecule has 2 aromatic rings. The van der Waals surface area contributed by atoms with Crippen molar-refractivity contribution in [3.8, 4) is 11.5 Å². The third-order valence-electron chi connectivity index (χ3n) is 3.34. The molecule has 24 heavy (non-hydrogen) atoms. The fourth-order valence-corrected chi connectivity index (χ4v) is 2.36. The van der Waals surface area contributed by atoms with Gasteiger partial charge < -0.3 is 14.8 Å². The maximum absolute atomic E-state index is 5.35. The van der Waals surface area contributed by atoms with E-state index in [0.717, 1.165) is 28.5 Å². The van der Waals surface area contributed by atoms with E-state index in [0.29, 0.717) is 11.5 Å². The lowest BCUT2D eigenvalue weighted by molar-refractivity contribution is 0.411.